The van der Waals surface area contributed by atoms with Crippen LogP contribution in [0.5, 0.6) is 0 Å². The predicted octanol–water partition coefficient (Wildman–Crippen LogP) is 1.65. The van der Waals surface area contributed by atoms with E-state index in [1.165, 1.54) is 0 Å². The second-order valence-electron chi connectivity index (χ2n) is 4.68. The first kappa shape index (κ1) is 12.3. The molecule has 1 aromatic carbocycles. The van der Waals surface area contributed by atoms with Crippen LogP contribution in [0.2, 0.25) is 0 Å². The highest BCUT2D eigenvalue weighted by atomic mass is 32.2. The number of carbonyl (C=O) groups excluding carboxylic acids is 1. The first-order chi connectivity index (χ1) is 9.16. The van der Waals surface area contributed by atoms with Crippen LogP contribution < -0.4 is 10.2 Å². The third kappa shape index (κ3) is 2.16. The van der Waals surface area contributed by atoms with E-state index in [0.29, 0.717) is 17.8 Å². The molecule has 2 heterocycles. The summed E-state index contributed by atoms with van der Waals surface area (Å²) in [5.41, 5.74) is 1.53. The molecule has 2 aliphatic heterocycles. The van der Waals surface area contributed by atoms with Crippen molar-refractivity contribution in [2.24, 2.45) is 0 Å². The minimum Gasteiger partial charge on any atom is -0.478 e. The summed E-state index contributed by atoms with van der Waals surface area (Å²) in [6.45, 7) is 0.779. The Morgan fingerprint density at radius 2 is 2.32 bits per heavy atom. The SMILES string of the molecule is O=C1CC2CSCCN2c2c(cccc2C(=O)O)N1. The van der Waals surface area contributed by atoms with Crippen LogP contribution in [0.3, 0.4) is 0 Å². The quantitative estimate of drug-likeness (QED) is 0.817. The second kappa shape index (κ2) is 4.77. The molecule has 1 unspecified atom stereocenters. The van der Waals surface area contributed by atoms with Crippen LogP contribution in [0.4, 0.5) is 11.4 Å². The van der Waals surface area contributed by atoms with Gasteiger partial charge in [-0.1, -0.05) is 6.07 Å². The number of carboxylic acid groups (broad SMARTS) is 1. The van der Waals surface area contributed by atoms with Gasteiger partial charge in [0.25, 0.3) is 0 Å². The van der Waals surface area contributed by atoms with E-state index in [4.69, 9.17) is 0 Å². The highest BCUT2D eigenvalue weighted by Gasteiger charge is 2.33. The van der Waals surface area contributed by atoms with Crippen molar-refractivity contribution in [2.75, 3.05) is 28.3 Å². The number of aromatic carboxylic acids is 1. The van der Waals surface area contributed by atoms with E-state index in [-0.39, 0.29) is 17.5 Å². The second-order valence-corrected chi connectivity index (χ2v) is 5.83. The summed E-state index contributed by atoms with van der Waals surface area (Å²) in [4.78, 5) is 25.4. The van der Waals surface area contributed by atoms with Gasteiger partial charge in [-0.3, -0.25) is 4.79 Å². The third-order valence-electron chi connectivity index (χ3n) is 3.48. The fourth-order valence-electron chi connectivity index (χ4n) is 2.66. The van der Waals surface area contributed by atoms with Crippen LogP contribution in [0.1, 0.15) is 16.8 Å². The fraction of sp³-hybridized carbons (Fsp3) is 0.385. The van der Waals surface area contributed by atoms with Gasteiger partial charge in [-0.05, 0) is 12.1 Å². The Bertz CT molecular complexity index is 547. The van der Waals surface area contributed by atoms with Gasteiger partial charge in [-0.15, -0.1) is 0 Å². The number of carboxylic acids is 1. The largest absolute Gasteiger partial charge is 0.478 e. The maximum absolute atomic E-state index is 11.9. The Labute approximate surface area is 115 Å². The number of hydrogen-bond acceptors (Lipinski definition) is 4. The van der Waals surface area contributed by atoms with Crippen molar-refractivity contribution in [3.8, 4) is 0 Å². The number of nitrogens with zero attached hydrogens (tertiary/aromatic N) is 1. The number of amides is 1. The molecular weight excluding hydrogens is 264 g/mol. The van der Waals surface area contributed by atoms with Gasteiger partial charge in [0.15, 0.2) is 0 Å². The van der Waals surface area contributed by atoms with Crippen molar-refractivity contribution in [1.29, 1.82) is 0 Å². The van der Waals surface area contributed by atoms with Crippen LogP contribution in [0.25, 0.3) is 0 Å². The standard InChI is InChI=1S/C13H14N2O3S/c16-11-6-8-7-19-5-4-15(8)12-9(13(17)18)2-1-3-10(12)14-11/h1-3,8H,4-7H2,(H,14,16)(H,17,18). The highest BCUT2D eigenvalue weighted by molar-refractivity contribution is 7.99. The molecular formula is C13H14N2O3S. The smallest absolute Gasteiger partial charge is 0.337 e. The average Bonchev–Trinajstić information content (AvgIpc) is 2.53. The van der Waals surface area contributed by atoms with Gasteiger partial charge in [0.05, 0.1) is 16.9 Å². The molecule has 0 spiro atoms. The minimum absolute atomic E-state index is 0.0428. The maximum Gasteiger partial charge on any atom is 0.337 e. The highest BCUT2D eigenvalue weighted by Crippen LogP contribution is 2.37. The number of fused-ring (bicyclic) bond motifs is 3. The minimum atomic E-state index is -0.954. The van der Waals surface area contributed by atoms with Crippen LogP contribution in [0.15, 0.2) is 18.2 Å². The summed E-state index contributed by atoms with van der Waals surface area (Å²) >= 11 is 1.81. The van der Waals surface area contributed by atoms with Crippen LogP contribution in [0, 0.1) is 0 Å². The summed E-state index contributed by atoms with van der Waals surface area (Å²) in [7, 11) is 0. The van der Waals surface area contributed by atoms with E-state index < -0.39 is 5.97 Å². The number of thioether (sulfide) groups is 1. The Balaban J connectivity index is 2.15. The van der Waals surface area contributed by atoms with Crippen LogP contribution in [-0.4, -0.2) is 41.1 Å². The van der Waals surface area contributed by atoms with Crippen molar-refractivity contribution in [3.05, 3.63) is 23.8 Å². The lowest BCUT2D eigenvalue weighted by Gasteiger charge is -2.36. The number of rotatable bonds is 1. The number of hydrogen-bond donors (Lipinski definition) is 2. The molecule has 3 rings (SSSR count). The normalized spacial score (nSPS) is 22.0. The van der Waals surface area contributed by atoms with E-state index in [2.05, 4.69) is 10.2 Å². The zero-order chi connectivity index (χ0) is 13.4. The lowest BCUT2D eigenvalue weighted by atomic mass is 10.1. The molecule has 2 N–H and O–H groups in total. The van der Waals surface area contributed by atoms with Crippen molar-refractivity contribution in [2.45, 2.75) is 12.5 Å². The van der Waals surface area contributed by atoms with Gasteiger partial charge in [0, 0.05) is 30.5 Å². The monoisotopic (exact) mass is 278 g/mol. The molecule has 1 aromatic rings. The van der Waals surface area contributed by atoms with Crippen molar-refractivity contribution < 1.29 is 14.7 Å². The summed E-state index contributed by atoms with van der Waals surface area (Å²) in [5, 5.41) is 12.2. The lowest BCUT2D eigenvalue weighted by Crippen LogP contribution is -2.43. The van der Waals surface area contributed by atoms with E-state index in [9.17, 15) is 14.7 Å². The summed E-state index contributed by atoms with van der Waals surface area (Å²) in [6.07, 6.45) is 0.417. The molecule has 0 radical (unpaired) electrons. The zero-order valence-corrected chi connectivity index (χ0v) is 11.1. The Hall–Kier alpha value is -1.69. The maximum atomic E-state index is 11.9. The van der Waals surface area contributed by atoms with Gasteiger partial charge in [0.1, 0.15) is 0 Å². The van der Waals surface area contributed by atoms with Crippen molar-refractivity contribution in [3.63, 3.8) is 0 Å². The molecule has 1 fully saturated rings. The topological polar surface area (TPSA) is 69.6 Å². The number of benzene rings is 1. The molecule has 1 amide bonds. The third-order valence-corrected chi connectivity index (χ3v) is 4.57. The van der Waals surface area contributed by atoms with Crippen LogP contribution in [-0.2, 0) is 4.79 Å². The van der Waals surface area contributed by atoms with Gasteiger partial charge in [-0.25, -0.2) is 4.79 Å². The van der Waals surface area contributed by atoms with Gasteiger partial charge in [-0.2, -0.15) is 11.8 Å². The summed E-state index contributed by atoms with van der Waals surface area (Å²) in [5.74, 6) is 0.822. The molecule has 2 aliphatic rings. The van der Waals surface area contributed by atoms with E-state index >= 15 is 0 Å². The molecule has 19 heavy (non-hydrogen) atoms. The first-order valence-corrected chi connectivity index (χ1v) is 7.33. The molecule has 0 bridgehead atoms. The fourth-order valence-corrected chi connectivity index (χ4v) is 3.72. The molecule has 6 heteroatoms. The molecule has 5 nitrogen and oxygen atoms in total. The van der Waals surface area contributed by atoms with Crippen molar-refractivity contribution >= 4 is 35.0 Å². The average molecular weight is 278 g/mol. The Morgan fingerprint density at radius 1 is 1.47 bits per heavy atom. The van der Waals surface area contributed by atoms with Crippen LogP contribution >= 0.6 is 11.8 Å². The number of carbonyl (C=O) groups is 2. The predicted molar refractivity (Wildman–Crippen MR) is 75.1 cm³/mol. The summed E-state index contributed by atoms with van der Waals surface area (Å²) < 4.78 is 0. The van der Waals surface area contributed by atoms with E-state index in [1.807, 2.05) is 11.8 Å². The molecule has 1 saturated heterocycles. The molecule has 1 atom stereocenters. The molecule has 0 aliphatic carbocycles. The Kier molecular flexibility index (Phi) is 3.10. The molecule has 0 saturated carbocycles. The summed E-state index contributed by atoms with van der Waals surface area (Å²) in [6, 6.07) is 5.11. The number of anilines is 2. The number of nitrogens with one attached hydrogen (secondary N) is 1. The van der Waals surface area contributed by atoms with E-state index in [1.54, 1.807) is 18.2 Å². The zero-order valence-electron chi connectivity index (χ0n) is 10.3. The van der Waals surface area contributed by atoms with Crippen molar-refractivity contribution in [1.82, 2.24) is 0 Å². The van der Waals surface area contributed by atoms with E-state index in [0.717, 1.165) is 18.1 Å². The molecule has 100 valence electrons. The Morgan fingerprint density at radius 3 is 3.11 bits per heavy atom. The number of para-hydroxylation sites is 1. The lowest BCUT2D eigenvalue weighted by molar-refractivity contribution is -0.116. The van der Waals surface area contributed by atoms with Gasteiger partial charge >= 0.3 is 5.97 Å². The van der Waals surface area contributed by atoms with Gasteiger partial charge in [0.2, 0.25) is 5.91 Å². The molecule has 0 aromatic heterocycles. The first-order valence-electron chi connectivity index (χ1n) is 6.17. The van der Waals surface area contributed by atoms with Gasteiger partial charge < -0.3 is 15.3 Å².